The fourth-order valence-electron chi connectivity index (χ4n) is 1.78. The number of ether oxygens (including phenoxy) is 1. The predicted octanol–water partition coefficient (Wildman–Crippen LogP) is 1.39. The fraction of sp³-hybridized carbons (Fsp3) is 0.214. The van der Waals surface area contributed by atoms with Crippen molar-refractivity contribution in [2.45, 2.75) is 11.3 Å². The lowest BCUT2D eigenvalue weighted by Gasteiger charge is -2.09. The van der Waals surface area contributed by atoms with Gasteiger partial charge in [0.25, 0.3) is 10.0 Å². The van der Waals surface area contributed by atoms with E-state index in [2.05, 4.69) is 9.71 Å². The zero-order valence-corrected chi connectivity index (χ0v) is 12.4. The van der Waals surface area contributed by atoms with Crippen LogP contribution in [0.25, 0.3) is 0 Å². The summed E-state index contributed by atoms with van der Waals surface area (Å²) in [5.74, 6) is 0.420. The second kappa shape index (κ2) is 6.55. The number of nitrogens with two attached hydrogens (primary N) is 1. The van der Waals surface area contributed by atoms with Gasteiger partial charge in [-0.25, -0.2) is 13.4 Å². The number of benzene rings is 1. The highest BCUT2D eigenvalue weighted by Gasteiger charge is 2.14. The van der Waals surface area contributed by atoms with Crippen molar-refractivity contribution >= 4 is 15.7 Å². The van der Waals surface area contributed by atoms with Gasteiger partial charge in [0.15, 0.2) is 0 Å². The molecule has 0 aliphatic rings. The normalized spacial score (nSPS) is 11.1. The highest BCUT2D eigenvalue weighted by molar-refractivity contribution is 7.92. The molecular formula is C14H17N3O3S. The minimum atomic E-state index is -3.63. The molecule has 0 unspecified atom stereocenters. The molecular weight excluding hydrogens is 290 g/mol. The summed E-state index contributed by atoms with van der Waals surface area (Å²) in [5, 5.41) is 0. The fourth-order valence-corrected chi connectivity index (χ4v) is 2.82. The molecule has 1 aromatic heterocycles. The van der Waals surface area contributed by atoms with Crippen molar-refractivity contribution in [1.82, 2.24) is 4.98 Å². The molecule has 112 valence electrons. The number of rotatable bonds is 6. The summed E-state index contributed by atoms with van der Waals surface area (Å²) in [7, 11) is -2.13. The monoisotopic (exact) mass is 307 g/mol. The summed E-state index contributed by atoms with van der Waals surface area (Å²) in [4.78, 5) is 4.14. The molecule has 0 atom stereocenters. The zero-order chi connectivity index (χ0) is 15.3. The zero-order valence-electron chi connectivity index (χ0n) is 11.6. The van der Waals surface area contributed by atoms with E-state index in [0.29, 0.717) is 18.1 Å². The largest absolute Gasteiger partial charge is 0.481 e. The number of nitrogens with zero attached hydrogens (tertiary/aromatic N) is 1. The van der Waals surface area contributed by atoms with E-state index >= 15 is 0 Å². The Kier molecular flexibility index (Phi) is 4.77. The van der Waals surface area contributed by atoms with E-state index in [0.717, 1.165) is 12.0 Å². The first-order chi connectivity index (χ1) is 10.0. The highest BCUT2D eigenvalue weighted by Crippen LogP contribution is 2.17. The minimum absolute atomic E-state index is 0.194. The Balaban J connectivity index is 2.16. The maximum Gasteiger partial charge on any atom is 0.261 e. The van der Waals surface area contributed by atoms with Crippen LogP contribution in [0.15, 0.2) is 47.5 Å². The number of hydrogen-bond acceptors (Lipinski definition) is 5. The Hall–Kier alpha value is -2.12. The Morgan fingerprint density at radius 1 is 1.19 bits per heavy atom. The Morgan fingerprint density at radius 2 is 1.90 bits per heavy atom. The Bertz CT molecular complexity index is 682. The maximum atomic E-state index is 12.2. The summed E-state index contributed by atoms with van der Waals surface area (Å²) >= 11 is 0. The first-order valence-corrected chi connectivity index (χ1v) is 7.85. The molecule has 0 saturated heterocycles. The molecule has 1 heterocycles. The Labute approximate surface area is 124 Å². The van der Waals surface area contributed by atoms with Crippen molar-refractivity contribution in [3.05, 3.63) is 48.2 Å². The van der Waals surface area contributed by atoms with Gasteiger partial charge in [-0.2, -0.15) is 0 Å². The molecule has 0 radical (unpaired) electrons. The quantitative estimate of drug-likeness (QED) is 0.841. The van der Waals surface area contributed by atoms with Gasteiger partial charge in [-0.1, -0.05) is 12.1 Å². The summed E-state index contributed by atoms with van der Waals surface area (Å²) < 4.78 is 31.8. The maximum absolute atomic E-state index is 12.2. The lowest BCUT2D eigenvalue weighted by Crippen LogP contribution is -2.13. The van der Waals surface area contributed by atoms with Gasteiger partial charge in [0.1, 0.15) is 0 Å². The predicted molar refractivity (Wildman–Crippen MR) is 80.8 cm³/mol. The standard InChI is InChI=1S/C14H17N3O3S/c1-20-14-7-4-12(10-16-14)17-21(18,19)13-5-2-11(3-6-13)8-9-15/h2-7,10,17H,8-9,15H2,1H3. The molecule has 0 saturated carbocycles. The van der Waals surface area contributed by atoms with E-state index in [9.17, 15) is 8.42 Å². The van der Waals surface area contributed by atoms with Crippen molar-refractivity contribution in [3.8, 4) is 5.88 Å². The van der Waals surface area contributed by atoms with Gasteiger partial charge < -0.3 is 10.5 Å². The molecule has 3 N–H and O–H groups in total. The van der Waals surface area contributed by atoms with Crippen LogP contribution in [-0.2, 0) is 16.4 Å². The average Bonchev–Trinajstić information content (AvgIpc) is 2.48. The number of methoxy groups -OCH3 is 1. The highest BCUT2D eigenvalue weighted by atomic mass is 32.2. The minimum Gasteiger partial charge on any atom is -0.481 e. The van der Waals surface area contributed by atoms with E-state index < -0.39 is 10.0 Å². The van der Waals surface area contributed by atoms with E-state index in [1.54, 1.807) is 36.4 Å². The van der Waals surface area contributed by atoms with Crippen molar-refractivity contribution in [2.75, 3.05) is 18.4 Å². The van der Waals surface area contributed by atoms with E-state index in [1.165, 1.54) is 13.3 Å². The molecule has 1 aromatic carbocycles. The lowest BCUT2D eigenvalue weighted by atomic mass is 10.2. The first kappa shape index (κ1) is 15.3. The van der Waals surface area contributed by atoms with Crippen molar-refractivity contribution in [2.24, 2.45) is 5.73 Å². The second-order valence-electron chi connectivity index (χ2n) is 4.38. The summed E-state index contributed by atoms with van der Waals surface area (Å²) in [6.07, 6.45) is 2.12. The molecule has 21 heavy (non-hydrogen) atoms. The van der Waals surface area contributed by atoms with Gasteiger partial charge in [-0.3, -0.25) is 4.72 Å². The van der Waals surface area contributed by atoms with Crippen LogP contribution in [0.1, 0.15) is 5.56 Å². The van der Waals surface area contributed by atoms with E-state index in [-0.39, 0.29) is 4.90 Å². The summed E-state index contributed by atoms with van der Waals surface area (Å²) in [6.45, 7) is 0.530. The third kappa shape index (κ3) is 3.93. The number of anilines is 1. The molecule has 0 fully saturated rings. The van der Waals surface area contributed by atoms with Crippen LogP contribution in [0, 0.1) is 0 Å². The van der Waals surface area contributed by atoms with Crippen LogP contribution < -0.4 is 15.2 Å². The molecule has 0 bridgehead atoms. The van der Waals surface area contributed by atoms with Crippen LogP contribution in [0.4, 0.5) is 5.69 Å². The number of sulfonamides is 1. The van der Waals surface area contributed by atoms with Crippen LogP contribution >= 0.6 is 0 Å². The van der Waals surface area contributed by atoms with Gasteiger partial charge in [0, 0.05) is 6.07 Å². The molecule has 0 amide bonds. The van der Waals surface area contributed by atoms with Gasteiger partial charge in [0.2, 0.25) is 5.88 Å². The first-order valence-electron chi connectivity index (χ1n) is 6.37. The van der Waals surface area contributed by atoms with Crippen molar-refractivity contribution in [1.29, 1.82) is 0 Å². The average molecular weight is 307 g/mol. The second-order valence-corrected chi connectivity index (χ2v) is 6.06. The number of aromatic nitrogens is 1. The van der Waals surface area contributed by atoms with Crippen LogP contribution in [0.3, 0.4) is 0 Å². The van der Waals surface area contributed by atoms with Crippen molar-refractivity contribution < 1.29 is 13.2 Å². The van der Waals surface area contributed by atoms with Crippen LogP contribution in [0.5, 0.6) is 5.88 Å². The molecule has 2 rings (SSSR count). The van der Waals surface area contributed by atoms with Gasteiger partial charge in [-0.15, -0.1) is 0 Å². The number of hydrogen-bond donors (Lipinski definition) is 2. The smallest absolute Gasteiger partial charge is 0.261 e. The number of pyridine rings is 1. The molecule has 0 aliphatic carbocycles. The number of nitrogens with one attached hydrogen (secondary N) is 1. The van der Waals surface area contributed by atoms with E-state index in [4.69, 9.17) is 10.5 Å². The van der Waals surface area contributed by atoms with Crippen molar-refractivity contribution in [3.63, 3.8) is 0 Å². The summed E-state index contributed by atoms with van der Waals surface area (Å²) in [5.41, 5.74) is 6.84. The van der Waals surface area contributed by atoms with Crippen LogP contribution in [-0.4, -0.2) is 27.1 Å². The Morgan fingerprint density at radius 3 is 2.43 bits per heavy atom. The summed E-state index contributed by atoms with van der Waals surface area (Å²) in [6, 6.07) is 9.81. The third-order valence-electron chi connectivity index (χ3n) is 2.86. The van der Waals surface area contributed by atoms with Gasteiger partial charge in [0.05, 0.1) is 23.9 Å². The molecule has 0 aliphatic heterocycles. The van der Waals surface area contributed by atoms with Gasteiger partial charge >= 0.3 is 0 Å². The molecule has 7 heteroatoms. The van der Waals surface area contributed by atoms with Crippen LogP contribution in [0.2, 0.25) is 0 Å². The SMILES string of the molecule is COc1ccc(NS(=O)(=O)c2ccc(CCN)cc2)cn1. The van der Waals surface area contributed by atoms with E-state index in [1.807, 2.05) is 0 Å². The molecule has 6 nitrogen and oxygen atoms in total. The van der Waals surface area contributed by atoms with Gasteiger partial charge in [-0.05, 0) is 36.7 Å². The lowest BCUT2D eigenvalue weighted by molar-refractivity contribution is 0.398. The topological polar surface area (TPSA) is 94.3 Å². The molecule has 2 aromatic rings. The molecule has 0 spiro atoms. The third-order valence-corrected chi connectivity index (χ3v) is 4.26.